The third-order valence-electron chi connectivity index (χ3n) is 3.45. The van der Waals surface area contributed by atoms with E-state index in [9.17, 15) is 4.79 Å². The largest absolute Gasteiger partial charge is 0.344 e. The number of carbonyl (C=O) groups excluding carboxylic acids is 1. The van der Waals surface area contributed by atoms with E-state index in [1.54, 1.807) is 6.08 Å². The number of ketones is 1. The molecule has 1 heterocycles. The first-order valence-electron chi connectivity index (χ1n) is 6.57. The molecular weight excluding hydrogens is 246 g/mol. The minimum Gasteiger partial charge on any atom is -0.344 e. The van der Waals surface area contributed by atoms with Crippen molar-refractivity contribution in [2.75, 3.05) is 0 Å². The second-order valence-corrected chi connectivity index (χ2v) is 4.75. The molecule has 0 radical (unpaired) electrons. The number of para-hydroxylation sites is 1. The number of benzene rings is 2. The summed E-state index contributed by atoms with van der Waals surface area (Å²) in [7, 11) is 2.01. The summed E-state index contributed by atoms with van der Waals surface area (Å²) in [5.41, 5.74) is 2.90. The number of hydrogen-bond donors (Lipinski definition) is 0. The zero-order valence-electron chi connectivity index (χ0n) is 11.3. The van der Waals surface area contributed by atoms with Crippen molar-refractivity contribution in [3.63, 3.8) is 0 Å². The summed E-state index contributed by atoms with van der Waals surface area (Å²) in [6, 6.07) is 19.6. The summed E-state index contributed by atoms with van der Waals surface area (Å²) in [4.78, 5) is 12.0. The fourth-order valence-corrected chi connectivity index (χ4v) is 2.33. The Bertz CT molecular complexity index is 782. The lowest BCUT2D eigenvalue weighted by Gasteiger charge is -1.99. The van der Waals surface area contributed by atoms with Crippen LogP contribution in [0.4, 0.5) is 0 Å². The highest BCUT2D eigenvalue weighted by atomic mass is 16.1. The monoisotopic (exact) mass is 261 g/mol. The SMILES string of the molecule is Cn1c(/C=C/C(=O)c2ccccc2)cc2ccccc21. The van der Waals surface area contributed by atoms with Crippen LogP contribution in [0, 0.1) is 0 Å². The zero-order chi connectivity index (χ0) is 13.9. The van der Waals surface area contributed by atoms with Gasteiger partial charge in [0.2, 0.25) is 0 Å². The molecule has 0 unspecified atom stereocenters. The Morgan fingerprint density at radius 1 is 1.00 bits per heavy atom. The van der Waals surface area contributed by atoms with E-state index in [0.29, 0.717) is 5.56 Å². The molecule has 0 bridgehead atoms. The Hall–Kier alpha value is -2.61. The second kappa shape index (κ2) is 5.17. The highest BCUT2D eigenvalue weighted by molar-refractivity contribution is 6.06. The molecule has 0 saturated heterocycles. The fourth-order valence-electron chi connectivity index (χ4n) is 2.33. The summed E-state index contributed by atoms with van der Waals surface area (Å²) in [5.74, 6) is 0.0239. The normalized spacial score (nSPS) is 11.2. The Balaban J connectivity index is 1.91. The van der Waals surface area contributed by atoms with Crippen molar-refractivity contribution in [2.24, 2.45) is 7.05 Å². The summed E-state index contributed by atoms with van der Waals surface area (Å²) in [5, 5.41) is 1.18. The van der Waals surface area contributed by atoms with Crippen molar-refractivity contribution in [1.82, 2.24) is 4.57 Å². The van der Waals surface area contributed by atoms with Crippen LogP contribution >= 0.6 is 0 Å². The summed E-state index contributed by atoms with van der Waals surface area (Å²) in [6.07, 6.45) is 3.50. The van der Waals surface area contributed by atoms with Crippen molar-refractivity contribution in [3.8, 4) is 0 Å². The van der Waals surface area contributed by atoms with Crippen LogP contribution in [0.3, 0.4) is 0 Å². The van der Waals surface area contributed by atoms with Crippen molar-refractivity contribution in [2.45, 2.75) is 0 Å². The van der Waals surface area contributed by atoms with Gasteiger partial charge in [0.1, 0.15) is 0 Å². The second-order valence-electron chi connectivity index (χ2n) is 4.75. The fraction of sp³-hybridized carbons (Fsp3) is 0.0556. The number of rotatable bonds is 3. The number of nitrogens with zero attached hydrogens (tertiary/aromatic N) is 1. The van der Waals surface area contributed by atoms with E-state index in [2.05, 4.69) is 22.8 Å². The predicted octanol–water partition coefficient (Wildman–Crippen LogP) is 4.07. The van der Waals surface area contributed by atoms with Crippen molar-refractivity contribution in [3.05, 3.63) is 78.0 Å². The van der Waals surface area contributed by atoms with E-state index in [1.165, 1.54) is 10.9 Å². The van der Waals surface area contributed by atoms with Crippen LogP contribution in [-0.4, -0.2) is 10.4 Å². The molecule has 1 aromatic heterocycles. The van der Waals surface area contributed by atoms with Gasteiger partial charge in [-0.25, -0.2) is 0 Å². The molecule has 0 N–H and O–H groups in total. The molecule has 0 saturated carbocycles. The maximum absolute atomic E-state index is 12.0. The van der Waals surface area contributed by atoms with Crippen LogP contribution in [0.2, 0.25) is 0 Å². The molecule has 2 nitrogen and oxygen atoms in total. The third-order valence-corrected chi connectivity index (χ3v) is 3.45. The molecule has 3 rings (SSSR count). The Kier molecular flexibility index (Phi) is 3.21. The van der Waals surface area contributed by atoms with Crippen LogP contribution in [0.1, 0.15) is 16.1 Å². The molecule has 0 aliphatic carbocycles. The number of hydrogen-bond acceptors (Lipinski definition) is 1. The minimum atomic E-state index is 0.0239. The van der Waals surface area contributed by atoms with Gasteiger partial charge in [0.25, 0.3) is 0 Å². The van der Waals surface area contributed by atoms with Crippen molar-refractivity contribution in [1.29, 1.82) is 0 Å². The van der Waals surface area contributed by atoms with E-state index in [1.807, 2.05) is 55.6 Å². The molecule has 0 aliphatic heterocycles. The summed E-state index contributed by atoms with van der Waals surface area (Å²) >= 11 is 0. The van der Waals surface area contributed by atoms with E-state index < -0.39 is 0 Å². The van der Waals surface area contributed by atoms with Gasteiger partial charge < -0.3 is 4.57 Å². The van der Waals surface area contributed by atoms with E-state index in [4.69, 9.17) is 0 Å². The molecule has 0 atom stereocenters. The van der Waals surface area contributed by atoms with E-state index in [-0.39, 0.29) is 5.78 Å². The topological polar surface area (TPSA) is 22.0 Å². The van der Waals surface area contributed by atoms with Crippen LogP contribution in [0.25, 0.3) is 17.0 Å². The van der Waals surface area contributed by atoms with Gasteiger partial charge in [-0.15, -0.1) is 0 Å². The first-order chi connectivity index (χ1) is 9.75. The third kappa shape index (κ3) is 2.28. The van der Waals surface area contributed by atoms with Gasteiger partial charge in [-0.05, 0) is 24.3 Å². The van der Waals surface area contributed by atoms with Crippen LogP contribution in [-0.2, 0) is 7.05 Å². The molecule has 0 amide bonds. The van der Waals surface area contributed by atoms with Gasteiger partial charge in [-0.3, -0.25) is 4.79 Å². The molecule has 0 aliphatic rings. The summed E-state index contributed by atoms with van der Waals surface area (Å²) < 4.78 is 2.09. The minimum absolute atomic E-state index is 0.0239. The first-order valence-corrected chi connectivity index (χ1v) is 6.57. The lowest BCUT2D eigenvalue weighted by atomic mass is 10.1. The molecule has 2 heteroatoms. The molecule has 98 valence electrons. The van der Waals surface area contributed by atoms with Crippen molar-refractivity contribution >= 4 is 22.8 Å². The van der Waals surface area contributed by atoms with Crippen LogP contribution in [0.15, 0.2) is 66.7 Å². The Morgan fingerprint density at radius 3 is 2.45 bits per heavy atom. The van der Waals surface area contributed by atoms with Gasteiger partial charge in [0.15, 0.2) is 5.78 Å². The number of aryl methyl sites for hydroxylation is 1. The number of allylic oxidation sites excluding steroid dienone is 1. The summed E-state index contributed by atoms with van der Waals surface area (Å²) in [6.45, 7) is 0. The van der Waals surface area contributed by atoms with E-state index in [0.717, 1.165) is 5.69 Å². The molecular formula is C18H15NO. The van der Waals surface area contributed by atoms with Gasteiger partial charge in [-0.1, -0.05) is 48.5 Å². The van der Waals surface area contributed by atoms with E-state index >= 15 is 0 Å². The molecule has 3 aromatic rings. The quantitative estimate of drug-likeness (QED) is 0.514. The Labute approximate surface area is 118 Å². The maximum Gasteiger partial charge on any atom is 0.185 e. The predicted molar refractivity (Wildman–Crippen MR) is 82.7 cm³/mol. The average Bonchev–Trinajstić information content (AvgIpc) is 2.83. The zero-order valence-corrected chi connectivity index (χ0v) is 11.3. The molecule has 20 heavy (non-hydrogen) atoms. The van der Waals surface area contributed by atoms with Gasteiger partial charge in [-0.2, -0.15) is 0 Å². The number of fused-ring (bicyclic) bond motifs is 1. The van der Waals surface area contributed by atoms with Crippen molar-refractivity contribution < 1.29 is 4.79 Å². The van der Waals surface area contributed by atoms with Gasteiger partial charge in [0, 0.05) is 29.2 Å². The lowest BCUT2D eigenvalue weighted by molar-refractivity contribution is 0.104. The average molecular weight is 261 g/mol. The lowest BCUT2D eigenvalue weighted by Crippen LogP contribution is -1.94. The highest BCUT2D eigenvalue weighted by Gasteiger charge is 2.04. The molecule has 2 aromatic carbocycles. The smallest absolute Gasteiger partial charge is 0.185 e. The number of aromatic nitrogens is 1. The van der Waals surface area contributed by atoms with Gasteiger partial charge in [0.05, 0.1) is 0 Å². The van der Waals surface area contributed by atoms with Crippen LogP contribution < -0.4 is 0 Å². The molecule has 0 spiro atoms. The number of carbonyl (C=O) groups is 1. The van der Waals surface area contributed by atoms with Gasteiger partial charge >= 0.3 is 0 Å². The molecule has 0 fully saturated rings. The first kappa shape index (κ1) is 12.4. The highest BCUT2D eigenvalue weighted by Crippen LogP contribution is 2.19. The maximum atomic E-state index is 12.0. The Morgan fingerprint density at radius 2 is 1.70 bits per heavy atom. The van der Waals surface area contributed by atoms with Crippen LogP contribution in [0.5, 0.6) is 0 Å². The standard InChI is InChI=1S/C18H15NO/c1-19-16(13-15-9-5-6-10-17(15)19)11-12-18(20)14-7-3-2-4-8-14/h2-13H,1H3/b12-11+.